The van der Waals surface area contributed by atoms with Crippen molar-refractivity contribution < 1.29 is 32.7 Å². The molecule has 1 heterocycles. The van der Waals surface area contributed by atoms with Crippen LogP contribution in [0.4, 0.5) is 18.9 Å². The van der Waals surface area contributed by atoms with Crippen molar-refractivity contribution in [2.45, 2.75) is 57.2 Å². The van der Waals surface area contributed by atoms with E-state index >= 15 is 0 Å². The number of carboxylic acids is 1. The number of halogens is 3. The zero-order valence-electron chi connectivity index (χ0n) is 19.8. The Labute approximate surface area is 207 Å². The minimum atomic E-state index is -5.08. The third-order valence-corrected chi connectivity index (χ3v) is 6.44. The first-order valence-electron chi connectivity index (χ1n) is 11.9. The summed E-state index contributed by atoms with van der Waals surface area (Å²) < 4.78 is 31.7. The Bertz CT molecular complexity index is 1080. The van der Waals surface area contributed by atoms with Crippen LogP contribution in [0.3, 0.4) is 0 Å². The van der Waals surface area contributed by atoms with Crippen LogP contribution >= 0.6 is 0 Å². The molecule has 10 heteroatoms. The van der Waals surface area contributed by atoms with Crippen molar-refractivity contribution in [3.63, 3.8) is 0 Å². The second-order valence-electron chi connectivity index (χ2n) is 9.08. The van der Waals surface area contributed by atoms with E-state index in [2.05, 4.69) is 29.6 Å². The van der Waals surface area contributed by atoms with Gasteiger partial charge in [-0.1, -0.05) is 36.4 Å². The molecule has 0 radical (unpaired) electrons. The number of ketones is 1. The molecule has 194 valence electrons. The van der Waals surface area contributed by atoms with Gasteiger partial charge < -0.3 is 10.4 Å². The van der Waals surface area contributed by atoms with Crippen LogP contribution in [0.5, 0.6) is 0 Å². The molecule has 2 aromatic carbocycles. The first kappa shape index (κ1) is 27.3. The highest BCUT2D eigenvalue weighted by Crippen LogP contribution is 2.27. The Balaban J connectivity index is 0.000000454. The smallest absolute Gasteiger partial charge is 0.475 e. The molecule has 0 saturated carbocycles. The number of carboxylic acid groups (broad SMARTS) is 1. The summed E-state index contributed by atoms with van der Waals surface area (Å²) in [5.41, 5.74) is 4.77. The standard InChI is InChI=1S/C24H29N3O2.C2HF3O2/c25-27-16-20(23(28)11-4-8-17-6-2-1-3-7-17)15-22(27)24(29)26-21-13-12-18-9-5-10-19(18)14-21;3-2(4,5)1(6)7/h1-3,6-7,12-14,20,22H,4-5,8-11,15-16,25H2,(H,26,29);(H,6,7)/t20-,22-;/m0./s1. The van der Waals surface area contributed by atoms with Gasteiger partial charge in [0.05, 0.1) is 0 Å². The summed E-state index contributed by atoms with van der Waals surface area (Å²) in [4.78, 5) is 34.3. The van der Waals surface area contributed by atoms with Crippen molar-refractivity contribution in [1.29, 1.82) is 0 Å². The van der Waals surface area contributed by atoms with E-state index in [1.54, 1.807) is 0 Å². The first-order valence-corrected chi connectivity index (χ1v) is 11.9. The fourth-order valence-corrected chi connectivity index (χ4v) is 4.54. The maximum Gasteiger partial charge on any atom is 0.490 e. The normalized spacial score (nSPS) is 19.2. The summed E-state index contributed by atoms with van der Waals surface area (Å²) in [5, 5.41) is 11.7. The van der Waals surface area contributed by atoms with E-state index in [1.807, 2.05) is 24.3 Å². The van der Waals surface area contributed by atoms with Crippen molar-refractivity contribution in [3.05, 3.63) is 65.2 Å². The van der Waals surface area contributed by atoms with E-state index in [4.69, 9.17) is 15.7 Å². The van der Waals surface area contributed by atoms with Crippen LogP contribution in [-0.2, 0) is 33.6 Å². The lowest BCUT2D eigenvalue weighted by Gasteiger charge is -2.18. The predicted octanol–water partition coefficient (Wildman–Crippen LogP) is 3.90. The van der Waals surface area contributed by atoms with Crippen molar-refractivity contribution in [3.8, 4) is 0 Å². The molecule has 4 N–H and O–H groups in total. The largest absolute Gasteiger partial charge is 0.490 e. The van der Waals surface area contributed by atoms with E-state index in [0.717, 1.165) is 31.4 Å². The number of carbonyl (C=O) groups is 3. The summed E-state index contributed by atoms with van der Waals surface area (Å²) in [6.45, 7) is 0.451. The van der Waals surface area contributed by atoms with Crippen LogP contribution in [0.15, 0.2) is 48.5 Å². The van der Waals surface area contributed by atoms with Gasteiger partial charge in [0, 0.05) is 24.6 Å². The molecule has 4 rings (SSSR count). The second kappa shape index (κ2) is 12.1. The van der Waals surface area contributed by atoms with Gasteiger partial charge >= 0.3 is 12.1 Å². The van der Waals surface area contributed by atoms with Crippen LogP contribution in [0.1, 0.15) is 42.4 Å². The number of hydrazine groups is 1. The van der Waals surface area contributed by atoms with Crippen LogP contribution in [0.2, 0.25) is 0 Å². The van der Waals surface area contributed by atoms with Crippen molar-refractivity contribution in [2.24, 2.45) is 11.8 Å². The monoisotopic (exact) mass is 505 g/mol. The molecule has 36 heavy (non-hydrogen) atoms. The number of nitrogens with one attached hydrogen (secondary N) is 1. The fourth-order valence-electron chi connectivity index (χ4n) is 4.54. The number of hydrogen-bond acceptors (Lipinski definition) is 5. The maximum atomic E-state index is 12.7. The number of aryl methyl sites for hydroxylation is 3. The molecule has 1 aliphatic carbocycles. The number of carbonyl (C=O) groups excluding carboxylic acids is 2. The quantitative estimate of drug-likeness (QED) is 0.492. The Hall–Kier alpha value is -3.24. The minimum Gasteiger partial charge on any atom is -0.475 e. The number of nitrogens with zero attached hydrogens (tertiary/aromatic N) is 1. The Morgan fingerprint density at radius 3 is 2.39 bits per heavy atom. The number of nitrogens with two attached hydrogens (primary N) is 1. The van der Waals surface area contributed by atoms with Gasteiger partial charge in [0.15, 0.2) is 0 Å². The molecular weight excluding hydrogens is 475 g/mol. The molecule has 2 atom stereocenters. The number of rotatable bonds is 7. The Kier molecular flexibility index (Phi) is 9.22. The fraction of sp³-hybridized carbons (Fsp3) is 0.423. The summed E-state index contributed by atoms with van der Waals surface area (Å²) in [7, 11) is 0. The molecule has 1 aliphatic heterocycles. The molecule has 1 saturated heterocycles. The van der Waals surface area contributed by atoms with E-state index in [9.17, 15) is 22.8 Å². The van der Waals surface area contributed by atoms with Gasteiger partial charge in [0.2, 0.25) is 5.91 Å². The minimum absolute atomic E-state index is 0.120. The summed E-state index contributed by atoms with van der Waals surface area (Å²) >= 11 is 0. The molecule has 0 spiro atoms. The molecule has 7 nitrogen and oxygen atoms in total. The van der Waals surface area contributed by atoms with Gasteiger partial charge in [-0.15, -0.1) is 0 Å². The molecule has 2 aromatic rings. The van der Waals surface area contributed by atoms with E-state index in [0.29, 0.717) is 19.4 Å². The summed E-state index contributed by atoms with van der Waals surface area (Å²) in [6.07, 6.45) is 1.05. The number of Topliss-reactive ketones (excluding diaryl/α,β-unsaturated/α-hetero) is 1. The number of aliphatic carboxylic acids is 1. The number of hydrogen-bond donors (Lipinski definition) is 3. The Morgan fingerprint density at radius 2 is 1.72 bits per heavy atom. The zero-order valence-corrected chi connectivity index (χ0v) is 19.8. The van der Waals surface area contributed by atoms with Gasteiger partial charge in [-0.25, -0.2) is 9.80 Å². The lowest BCUT2D eigenvalue weighted by Crippen LogP contribution is -2.43. The first-order chi connectivity index (χ1) is 17.0. The van der Waals surface area contributed by atoms with Gasteiger partial charge in [0.1, 0.15) is 11.8 Å². The molecule has 1 amide bonds. The average molecular weight is 506 g/mol. The van der Waals surface area contributed by atoms with E-state index < -0.39 is 18.2 Å². The van der Waals surface area contributed by atoms with Gasteiger partial charge in [-0.3, -0.25) is 15.4 Å². The third-order valence-electron chi connectivity index (χ3n) is 6.44. The lowest BCUT2D eigenvalue weighted by molar-refractivity contribution is -0.192. The van der Waals surface area contributed by atoms with Gasteiger partial charge in [-0.05, 0) is 67.3 Å². The van der Waals surface area contributed by atoms with Crippen LogP contribution in [0, 0.1) is 5.92 Å². The summed E-state index contributed by atoms with van der Waals surface area (Å²) in [6, 6.07) is 15.9. The van der Waals surface area contributed by atoms with Gasteiger partial charge in [-0.2, -0.15) is 13.2 Å². The Morgan fingerprint density at radius 1 is 1.06 bits per heavy atom. The number of amides is 1. The highest BCUT2D eigenvalue weighted by molar-refractivity contribution is 5.96. The lowest BCUT2D eigenvalue weighted by atomic mass is 9.95. The SMILES string of the molecule is NN1C[C@@H](C(=O)CCCc2ccccc2)C[C@H]1C(=O)Nc1ccc2c(c1)CCC2.O=C(O)C(F)(F)F. The highest BCUT2D eigenvalue weighted by atomic mass is 19.4. The third kappa shape index (κ3) is 7.63. The van der Waals surface area contributed by atoms with E-state index in [1.165, 1.54) is 28.1 Å². The second-order valence-corrected chi connectivity index (χ2v) is 9.08. The van der Waals surface area contributed by atoms with Crippen LogP contribution in [-0.4, -0.2) is 46.5 Å². The topological polar surface area (TPSA) is 113 Å². The highest BCUT2D eigenvalue weighted by Gasteiger charge is 2.39. The molecule has 0 unspecified atom stereocenters. The molecular formula is C26H30F3N3O4. The van der Waals surface area contributed by atoms with Crippen molar-refractivity contribution in [2.75, 3.05) is 11.9 Å². The van der Waals surface area contributed by atoms with Crippen LogP contribution in [0.25, 0.3) is 0 Å². The van der Waals surface area contributed by atoms with Crippen molar-refractivity contribution in [1.82, 2.24) is 5.01 Å². The maximum absolute atomic E-state index is 12.7. The molecule has 0 aromatic heterocycles. The number of anilines is 1. The van der Waals surface area contributed by atoms with Crippen molar-refractivity contribution >= 4 is 23.3 Å². The zero-order chi connectivity index (χ0) is 26.3. The number of fused-ring (bicyclic) bond motifs is 1. The summed E-state index contributed by atoms with van der Waals surface area (Å²) in [5.74, 6) is 3.27. The number of alkyl halides is 3. The predicted molar refractivity (Wildman–Crippen MR) is 128 cm³/mol. The average Bonchev–Trinajstić information content (AvgIpc) is 3.45. The molecule has 0 bridgehead atoms. The van der Waals surface area contributed by atoms with Crippen LogP contribution < -0.4 is 11.2 Å². The number of benzene rings is 2. The molecule has 1 fully saturated rings. The molecule has 2 aliphatic rings. The van der Waals surface area contributed by atoms with Gasteiger partial charge in [0.25, 0.3) is 0 Å². The van der Waals surface area contributed by atoms with E-state index in [-0.39, 0.29) is 17.6 Å².